The van der Waals surface area contributed by atoms with Gasteiger partial charge in [-0.3, -0.25) is 8.97 Å². The Hall–Kier alpha value is -3.08. The second-order valence-electron chi connectivity index (χ2n) is 17.5. The topological polar surface area (TPSA) is 0 Å². The zero-order valence-corrected chi connectivity index (χ0v) is 45.2. The zero-order valence-electron chi connectivity index (χ0n) is 40.2. The summed E-state index contributed by atoms with van der Waals surface area (Å²) in [4.78, 5) is 0. The average Bonchev–Trinajstić information content (AvgIpc) is 3.92. The molecule has 0 spiro atoms. The van der Waals surface area contributed by atoms with Crippen LogP contribution in [-0.2, 0) is 33.7 Å². The van der Waals surface area contributed by atoms with E-state index >= 15 is 0 Å². The van der Waals surface area contributed by atoms with E-state index in [2.05, 4.69) is 209 Å². The minimum atomic E-state index is -0.826. The van der Waals surface area contributed by atoms with Crippen LogP contribution in [0.2, 0.25) is 6.55 Å². The van der Waals surface area contributed by atoms with Crippen molar-refractivity contribution in [3.63, 3.8) is 0 Å². The fraction of sp³-hybridized carbons (Fsp3) is 0.368. The predicted molar refractivity (Wildman–Crippen MR) is 283 cm³/mol. The van der Waals surface area contributed by atoms with Gasteiger partial charge in [-0.05, 0) is 126 Å². The quantitative estimate of drug-likeness (QED) is 0.0546. The summed E-state index contributed by atoms with van der Waals surface area (Å²) in [6.07, 6.45) is 2.30. The summed E-state index contributed by atoms with van der Waals surface area (Å²) in [7, 11) is 10.8. The molecule has 0 fully saturated rings. The molecule has 7 aromatic rings. The van der Waals surface area contributed by atoms with E-state index in [9.17, 15) is 0 Å². The van der Waals surface area contributed by atoms with Gasteiger partial charge >= 0.3 is 37.9 Å². The summed E-state index contributed by atoms with van der Waals surface area (Å²) in [6, 6.07) is 52.0. The van der Waals surface area contributed by atoms with E-state index in [1.165, 1.54) is 71.5 Å². The van der Waals surface area contributed by atoms with Gasteiger partial charge in [-0.15, -0.1) is 69.1 Å². The molecule has 2 nitrogen and oxygen atoms in total. The third-order valence-corrected chi connectivity index (χ3v) is 14.0. The molecule has 0 N–H and O–H groups in total. The SMILES string of the molecule is CC[N+](CC)(CC)c1ccc(-c2cccc3[cH-]c(CC(C)C)cc23)cc1.CC[N+](CC)(CC)c1ccc(-c2cccc3[cH-]c(CC(C)C)cc23)cc1.C[Si]c1ccccc1.[Cl][Zr+2][Cl]. The monoisotopic (exact) mass is 974 g/mol. The summed E-state index contributed by atoms with van der Waals surface area (Å²) in [5, 5.41) is 6.94. The van der Waals surface area contributed by atoms with Crippen LogP contribution in [0.1, 0.15) is 80.4 Å². The molecule has 0 aliphatic carbocycles. The van der Waals surface area contributed by atoms with Crippen LogP contribution in [0.4, 0.5) is 11.4 Å². The molecule has 0 aromatic heterocycles. The summed E-state index contributed by atoms with van der Waals surface area (Å²) < 4.78 is 2.11. The first kappa shape index (κ1) is 52.5. The van der Waals surface area contributed by atoms with Gasteiger partial charge < -0.3 is 0 Å². The summed E-state index contributed by atoms with van der Waals surface area (Å²) in [5.74, 6) is 1.38. The molecule has 63 heavy (non-hydrogen) atoms. The van der Waals surface area contributed by atoms with Crippen LogP contribution in [0.15, 0.2) is 140 Å². The van der Waals surface area contributed by atoms with Gasteiger partial charge in [0, 0.05) is 0 Å². The molecule has 0 aliphatic heterocycles. The third-order valence-electron chi connectivity index (χ3n) is 13.1. The van der Waals surface area contributed by atoms with Crippen molar-refractivity contribution in [1.82, 2.24) is 8.97 Å². The Bertz CT molecular complexity index is 2190. The normalized spacial score (nSPS) is 11.4. The molecule has 0 bridgehead atoms. The zero-order chi connectivity index (χ0) is 46.0. The van der Waals surface area contributed by atoms with Gasteiger partial charge in [-0.2, -0.15) is 12.1 Å². The third kappa shape index (κ3) is 14.0. The first-order valence-electron chi connectivity index (χ1n) is 23.4. The van der Waals surface area contributed by atoms with Crippen molar-refractivity contribution >= 4 is 64.7 Å². The molecule has 7 aromatic carbocycles. The van der Waals surface area contributed by atoms with Crippen LogP contribution in [0, 0.1) is 11.8 Å². The fourth-order valence-corrected chi connectivity index (χ4v) is 9.76. The van der Waals surface area contributed by atoms with E-state index in [1.54, 1.807) is 0 Å². The Morgan fingerprint density at radius 1 is 0.492 bits per heavy atom. The van der Waals surface area contributed by atoms with Crippen molar-refractivity contribution in [3.05, 3.63) is 151 Å². The molecule has 332 valence electrons. The molecule has 2 radical (unpaired) electrons. The van der Waals surface area contributed by atoms with E-state index in [0.29, 0.717) is 11.8 Å². The van der Waals surface area contributed by atoms with Crippen LogP contribution >= 0.6 is 17.0 Å². The van der Waals surface area contributed by atoms with Crippen molar-refractivity contribution < 1.29 is 20.8 Å². The van der Waals surface area contributed by atoms with Crippen LogP contribution < -0.4 is 14.2 Å². The van der Waals surface area contributed by atoms with Crippen molar-refractivity contribution in [2.45, 2.75) is 88.6 Å². The van der Waals surface area contributed by atoms with E-state index < -0.39 is 20.8 Å². The maximum atomic E-state index is 4.93. The Balaban J connectivity index is 0.000000223. The summed E-state index contributed by atoms with van der Waals surface area (Å²) >= 11 is -0.826. The number of hydrogen-bond donors (Lipinski definition) is 0. The van der Waals surface area contributed by atoms with Crippen LogP contribution in [0.25, 0.3) is 43.8 Å². The number of halogens is 2. The van der Waals surface area contributed by atoms with Crippen molar-refractivity contribution in [1.29, 1.82) is 0 Å². The molecular weight excluding hydrogens is 903 g/mol. The Labute approximate surface area is 404 Å². The molecule has 0 saturated carbocycles. The fourth-order valence-electron chi connectivity index (χ4n) is 9.23. The summed E-state index contributed by atoms with van der Waals surface area (Å²) in [6.45, 7) is 32.0. The molecule has 0 aliphatic rings. The Morgan fingerprint density at radius 3 is 1.13 bits per heavy atom. The average molecular weight is 977 g/mol. The van der Waals surface area contributed by atoms with Crippen molar-refractivity contribution in [2.75, 3.05) is 39.3 Å². The molecular formula is C57H74Cl2N2SiZr+2. The number of rotatable bonds is 15. The van der Waals surface area contributed by atoms with Gasteiger partial charge in [0.15, 0.2) is 0 Å². The van der Waals surface area contributed by atoms with Gasteiger partial charge in [0.2, 0.25) is 0 Å². The van der Waals surface area contributed by atoms with Gasteiger partial charge in [-0.1, -0.05) is 93.0 Å². The van der Waals surface area contributed by atoms with Gasteiger partial charge in [-0.25, -0.2) is 0 Å². The molecule has 0 atom stereocenters. The second-order valence-corrected chi connectivity index (χ2v) is 22.3. The standard InChI is InChI=1S/2C25H33N.C7H8Si.2ClH.Zr/c2*1-6-26(7-2,8-3)23-14-12-21(13-15-23)24-11-9-10-22-17-20(16-19(4)5)18-25(22)24;1-8-7-5-3-2-4-6-7;;;/h2*9-15,17-19H,6-8,16H2,1-5H3;2-6H,1H3;2*1H;/q;;;;;+4/p-2. The minimum absolute atomic E-state index is 0.692. The molecule has 0 heterocycles. The van der Waals surface area contributed by atoms with Crippen LogP contribution in [0.3, 0.4) is 0 Å². The van der Waals surface area contributed by atoms with Gasteiger partial charge in [0.05, 0.1) is 48.8 Å². The van der Waals surface area contributed by atoms with Crippen molar-refractivity contribution in [3.8, 4) is 22.3 Å². The molecule has 0 amide bonds. The number of benzene rings is 5. The molecule has 0 saturated heterocycles. The Kier molecular flexibility index (Phi) is 21.8. The first-order valence-corrected chi connectivity index (χ1v) is 31.2. The molecule has 6 heteroatoms. The summed E-state index contributed by atoms with van der Waals surface area (Å²) in [5.41, 5.74) is 11.1. The predicted octanol–water partition coefficient (Wildman–Crippen LogP) is 16.0. The van der Waals surface area contributed by atoms with E-state index in [1.807, 2.05) is 6.07 Å². The van der Waals surface area contributed by atoms with Gasteiger partial charge in [0.1, 0.15) is 11.4 Å². The van der Waals surface area contributed by atoms with E-state index in [0.717, 1.165) is 70.6 Å². The molecule has 7 rings (SSSR count). The number of nitrogens with zero attached hydrogens (tertiary/aromatic N) is 2. The number of hydrogen-bond acceptors (Lipinski definition) is 0. The second kappa shape index (κ2) is 26.2. The number of fused-ring (bicyclic) bond motifs is 2. The number of quaternary nitrogens is 2. The molecule has 0 unspecified atom stereocenters. The van der Waals surface area contributed by atoms with E-state index in [4.69, 9.17) is 17.0 Å². The van der Waals surface area contributed by atoms with Gasteiger partial charge in [0.25, 0.3) is 0 Å². The Morgan fingerprint density at radius 2 is 0.841 bits per heavy atom. The van der Waals surface area contributed by atoms with E-state index in [-0.39, 0.29) is 0 Å². The van der Waals surface area contributed by atoms with Crippen molar-refractivity contribution in [2.24, 2.45) is 11.8 Å². The maximum absolute atomic E-state index is 4.93. The van der Waals surface area contributed by atoms with Crippen LogP contribution in [0.5, 0.6) is 0 Å². The van der Waals surface area contributed by atoms with Crippen LogP contribution in [-0.4, -0.2) is 48.8 Å². The first-order chi connectivity index (χ1) is 30.4.